The van der Waals surface area contributed by atoms with Crippen molar-refractivity contribution < 1.29 is 9.53 Å². The maximum absolute atomic E-state index is 13.3. The van der Waals surface area contributed by atoms with Gasteiger partial charge in [-0.15, -0.1) is 11.3 Å². The highest BCUT2D eigenvalue weighted by Gasteiger charge is 2.26. The van der Waals surface area contributed by atoms with Gasteiger partial charge < -0.3 is 19.9 Å². The minimum Gasteiger partial charge on any atom is -0.495 e. The third-order valence-electron chi connectivity index (χ3n) is 5.29. The van der Waals surface area contributed by atoms with E-state index in [9.17, 15) is 4.79 Å². The zero-order valence-corrected chi connectivity index (χ0v) is 18.1. The van der Waals surface area contributed by atoms with Crippen molar-refractivity contribution in [3.05, 3.63) is 63.2 Å². The Morgan fingerprint density at radius 2 is 2.10 bits per heavy atom. The van der Waals surface area contributed by atoms with E-state index in [1.807, 2.05) is 19.3 Å². The topological polar surface area (TPSA) is 55.3 Å². The van der Waals surface area contributed by atoms with Crippen molar-refractivity contribution in [2.45, 2.75) is 32.2 Å². The number of ether oxygens (including phenoxy) is 1. The molecule has 0 bridgehead atoms. The fourth-order valence-electron chi connectivity index (χ4n) is 3.74. The molecule has 3 aromatic rings. The number of rotatable bonds is 6. The Bertz CT molecular complexity index is 1040. The number of aromatic nitrogens is 1. The minimum absolute atomic E-state index is 0.126. The van der Waals surface area contributed by atoms with Crippen molar-refractivity contribution in [3.8, 4) is 5.75 Å². The van der Waals surface area contributed by atoms with Crippen LogP contribution in [0, 0.1) is 0 Å². The number of carbonyl (C=O) groups excluding carboxylic acids is 1. The summed E-state index contributed by atoms with van der Waals surface area (Å²) in [5.74, 6) is 0.463. The number of fused-ring (bicyclic) bond motifs is 1. The Labute approximate surface area is 179 Å². The third-order valence-corrected chi connectivity index (χ3v) is 6.77. The van der Waals surface area contributed by atoms with Crippen LogP contribution in [0.15, 0.2) is 36.5 Å². The predicted octanol–water partition coefficient (Wildman–Crippen LogP) is 5.49. The largest absolute Gasteiger partial charge is 0.495 e. The minimum atomic E-state index is -0.126. The number of hydrogen-bond donors (Lipinski definition) is 2. The van der Waals surface area contributed by atoms with Gasteiger partial charge in [-0.1, -0.05) is 11.6 Å². The van der Waals surface area contributed by atoms with E-state index in [1.165, 1.54) is 22.6 Å². The Hall–Kier alpha value is -2.44. The molecule has 0 saturated heterocycles. The molecular formula is C22H24ClN3O2S. The number of anilines is 2. The third kappa shape index (κ3) is 4.14. The summed E-state index contributed by atoms with van der Waals surface area (Å²) in [4.78, 5) is 14.6. The van der Waals surface area contributed by atoms with Crippen molar-refractivity contribution in [2.24, 2.45) is 7.05 Å². The quantitative estimate of drug-likeness (QED) is 0.544. The number of carbonyl (C=O) groups is 1. The molecule has 0 unspecified atom stereocenters. The van der Waals surface area contributed by atoms with Gasteiger partial charge in [0.15, 0.2) is 0 Å². The average Bonchev–Trinajstić information content (AvgIpc) is 3.29. The van der Waals surface area contributed by atoms with Crippen LogP contribution in [0.25, 0.3) is 0 Å². The molecule has 1 amide bonds. The van der Waals surface area contributed by atoms with Crippen molar-refractivity contribution >= 4 is 39.5 Å². The second-order valence-electron chi connectivity index (χ2n) is 7.18. The maximum atomic E-state index is 13.3. The average molecular weight is 430 g/mol. The molecule has 2 N–H and O–H groups in total. The molecular weight excluding hydrogens is 406 g/mol. The summed E-state index contributed by atoms with van der Waals surface area (Å²) in [7, 11) is 3.60. The predicted molar refractivity (Wildman–Crippen MR) is 120 cm³/mol. The van der Waals surface area contributed by atoms with Crippen LogP contribution in [-0.2, 0) is 26.4 Å². The highest BCUT2D eigenvalue weighted by molar-refractivity contribution is 7.16. The number of nitrogens with one attached hydrogen (secondary N) is 2. The SMILES string of the molecule is COc1ccc(Cl)cc1NC(=O)c1c(NCc2cccn2C)sc2c1CCCC2. The molecule has 0 aliphatic heterocycles. The van der Waals surface area contributed by atoms with E-state index in [0.29, 0.717) is 23.0 Å². The second kappa shape index (κ2) is 8.51. The Morgan fingerprint density at radius 1 is 1.28 bits per heavy atom. The molecule has 5 nitrogen and oxygen atoms in total. The second-order valence-corrected chi connectivity index (χ2v) is 8.72. The first-order valence-electron chi connectivity index (χ1n) is 9.70. The summed E-state index contributed by atoms with van der Waals surface area (Å²) in [6, 6.07) is 9.33. The lowest BCUT2D eigenvalue weighted by atomic mass is 9.95. The number of methoxy groups -OCH3 is 1. The molecule has 4 rings (SSSR count). The smallest absolute Gasteiger partial charge is 0.259 e. The molecule has 0 spiro atoms. The number of amides is 1. The molecule has 152 valence electrons. The zero-order chi connectivity index (χ0) is 20.4. The Morgan fingerprint density at radius 3 is 2.86 bits per heavy atom. The van der Waals surface area contributed by atoms with Gasteiger partial charge in [0.25, 0.3) is 5.91 Å². The van der Waals surface area contributed by atoms with Gasteiger partial charge in [-0.25, -0.2) is 0 Å². The highest BCUT2D eigenvalue weighted by Crippen LogP contribution is 2.39. The number of aryl methyl sites for hydroxylation is 2. The van der Waals surface area contributed by atoms with Gasteiger partial charge in [-0.3, -0.25) is 4.79 Å². The number of nitrogens with zero attached hydrogens (tertiary/aromatic N) is 1. The molecule has 0 fully saturated rings. The van der Waals surface area contributed by atoms with Gasteiger partial charge in [-0.2, -0.15) is 0 Å². The monoisotopic (exact) mass is 429 g/mol. The Balaban J connectivity index is 1.64. The van der Waals surface area contributed by atoms with Gasteiger partial charge in [-0.05, 0) is 61.6 Å². The van der Waals surface area contributed by atoms with Crippen LogP contribution in [0.4, 0.5) is 10.7 Å². The first-order chi connectivity index (χ1) is 14.1. The van der Waals surface area contributed by atoms with Crippen molar-refractivity contribution in [1.29, 1.82) is 0 Å². The van der Waals surface area contributed by atoms with Crippen molar-refractivity contribution in [2.75, 3.05) is 17.7 Å². The maximum Gasteiger partial charge on any atom is 0.259 e. The molecule has 29 heavy (non-hydrogen) atoms. The van der Waals surface area contributed by atoms with E-state index in [-0.39, 0.29) is 5.91 Å². The van der Waals surface area contributed by atoms with E-state index in [4.69, 9.17) is 16.3 Å². The summed E-state index contributed by atoms with van der Waals surface area (Å²) in [6.45, 7) is 0.670. The van der Waals surface area contributed by atoms with Gasteiger partial charge in [0, 0.05) is 28.8 Å². The van der Waals surface area contributed by atoms with Gasteiger partial charge in [0.05, 0.1) is 24.9 Å². The number of hydrogen-bond acceptors (Lipinski definition) is 4. The molecule has 1 aliphatic carbocycles. The highest BCUT2D eigenvalue weighted by atomic mass is 35.5. The first kappa shape index (κ1) is 19.9. The van der Waals surface area contributed by atoms with Crippen molar-refractivity contribution in [1.82, 2.24) is 4.57 Å². The zero-order valence-electron chi connectivity index (χ0n) is 16.5. The molecule has 2 aromatic heterocycles. The lowest BCUT2D eigenvalue weighted by molar-refractivity contribution is 0.102. The standard InChI is InChI=1S/C22H24ClN3O2S/c1-26-11-5-6-15(26)13-24-22-20(16-7-3-4-8-19(16)29-22)21(27)25-17-12-14(23)9-10-18(17)28-2/h5-6,9-12,24H,3-4,7-8,13H2,1-2H3,(H,25,27). The van der Waals surface area contributed by atoms with Crippen LogP contribution >= 0.6 is 22.9 Å². The fraction of sp³-hybridized carbons (Fsp3) is 0.318. The number of benzene rings is 1. The summed E-state index contributed by atoms with van der Waals surface area (Å²) in [5.41, 5.74) is 3.67. The van der Waals surface area contributed by atoms with Gasteiger partial charge in [0.2, 0.25) is 0 Å². The number of thiophene rings is 1. The normalized spacial score (nSPS) is 13.1. The van der Waals surface area contributed by atoms with Crippen LogP contribution < -0.4 is 15.4 Å². The lowest BCUT2D eigenvalue weighted by Gasteiger charge is -2.15. The fourth-order valence-corrected chi connectivity index (χ4v) is 5.20. The van der Waals surface area contributed by atoms with Crippen molar-refractivity contribution in [3.63, 3.8) is 0 Å². The van der Waals surface area contributed by atoms with E-state index in [0.717, 1.165) is 29.8 Å². The molecule has 0 atom stereocenters. The molecule has 0 radical (unpaired) electrons. The molecule has 1 aliphatic rings. The van der Waals surface area contributed by atoms with E-state index in [2.05, 4.69) is 21.3 Å². The summed E-state index contributed by atoms with van der Waals surface area (Å²) in [6.07, 6.45) is 6.28. The lowest BCUT2D eigenvalue weighted by Crippen LogP contribution is -2.17. The number of halogens is 1. The molecule has 7 heteroatoms. The summed E-state index contributed by atoms with van der Waals surface area (Å²) in [5, 5.41) is 7.99. The van der Waals surface area contributed by atoms with Crippen LogP contribution in [0.5, 0.6) is 5.75 Å². The first-order valence-corrected chi connectivity index (χ1v) is 10.9. The van der Waals surface area contributed by atoms with Crippen LogP contribution in [0.3, 0.4) is 0 Å². The van der Waals surface area contributed by atoms with E-state index in [1.54, 1.807) is 36.6 Å². The van der Waals surface area contributed by atoms with Crippen LogP contribution in [0.1, 0.15) is 39.3 Å². The van der Waals surface area contributed by atoms with Crippen LogP contribution in [-0.4, -0.2) is 17.6 Å². The molecule has 2 heterocycles. The Kier molecular flexibility index (Phi) is 5.83. The van der Waals surface area contributed by atoms with Gasteiger partial charge >= 0.3 is 0 Å². The summed E-state index contributed by atoms with van der Waals surface area (Å²) >= 11 is 7.83. The van der Waals surface area contributed by atoms with Crippen LogP contribution in [0.2, 0.25) is 5.02 Å². The molecule has 0 saturated carbocycles. The summed E-state index contributed by atoms with van der Waals surface area (Å²) < 4.78 is 7.46. The van der Waals surface area contributed by atoms with Gasteiger partial charge in [0.1, 0.15) is 10.8 Å². The van der Waals surface area contributed by atoms with E-state index < -0.39 is 0 Å². The molecule has 1 aromatic carbocycles. The van der Waals surface area contributed by atoms with E-state index >= 15 is 0 Å².